The Morgan fingerprint density at radius 1 is 0.707 bits per heavy atom. The van der Waals surface area contributed by atoms with E-state index >= 15 is 0 Å². The lowest BCUT2D eigenvalue weighted by atomic mass is 10.1. The van der Waals surface area contributed by atoms with E-state index in [1.807, 2.05) is 91.0 Å². The highest BCUT2D eigenvalue weighted by atomic mass is 35.5. The first-order valence-electron chi connectivity index (χ1n) is 18.0. The molecule has 0 spiro atoms. The fraction of sp³-hybridized carbons (Fsp3) is 0.178. The van der Waals surface area contributed by atoms with Crippen molar-refractivity contribution < 1.29 is 23.9 Å². The number of nitrogens with one attached hydrogen (secondary N) is 1. The van der Waals surface area contributed by atoms with Crippen molar-refractivity contribution in [1.82, 2.24) is 10.4 Å². The van der Waals surface area contributed by atoms with Crippen molar-refractivity contribution in [2.45, 2.75) is 25.7 Å². The van der Waals surface area contributed by atoms with Crippen molar-refractivity contribution in [3.63, 3.8) is 0 Å². The molecule has 0 aliphatic carbocycles. The molecule has 0 saturated carbocycles. The Morgan fingerprint density at radius 2 is 1.24 bits per heavy atom. The highest BCUT2D eigenvalue weighted by molar-refractivity contribution is 6.63. The van der Waals surface area contributed by atoms with Crippen LogP contribution in [0.25, 0.3) is 0 Å². The lowest BCUT2D eigenvalue weighted by molar-refractivity contribution is -0.130. The topological polar surface area (TPSA) is 110 Å². The molecule has 0 aromatic heterocycles. The second-order valence-electron chi connectivity index (χ2n) is 12.5. The Bertz CT molecular complexity index is 2260. The van der Waals surface area contributed by atoms with Crippen molar-refractivity contribution in [3.8, 4) is 11.5 Å². The van der Waals surface area contributed by atoms with Gasteiger partial charge in [0.05, 0.1) is 38.6 Å². The number of methoxy groups -OCH3 is 2. The van der Waals surface area contributed by atoms with Crippen LogP contribution >= 0.6 is 46.4 Å². The predicted molar refractivity (Wildman–Crippen MR) is 235 cm³/mol. The number of allylic oxidation sites excluding steroid dienone is 1. The minimum absolute atomic E-state index is 0.0183. The third-order valence-electron chi connectivity index (χ3n) is 8.35. The zero-order chi connectivity index (χ0) is 41.9. The van der Waals surface area contributed by atoms with Gasteiger partial charge in [0.2, 0.25) is 11.1 Å². The number of hydrazone groups is 2. The van der Waals surface area contributed by atoms with Crippen LogP contribution in [0.15, 0.2) is 144 Å². The van der Waals surface area contributed by atoms with E-state index in [2.05, 4.69) is 22.2 Å². The minimum atomic E-state index is -0.358. The maximum Gasteiger partial charge on any atom is 0.247 e. The summed E-state index contributed by atoms with van der Waals surface area (Å²) in [5.74, 6) is 1.37. The van der Waals surface area contributed by atoms with Crippen LogP contribution in [-0.2, 0) is 22.4 Å². The summed E-state index contributed by atoms with van der Waals surface area (Å²) < 4.78 is 10.2. The number of hydrogen-bond acceptors (Lipinski definition) is 8. The number of ether oxygens (including phenoxy) is 2. The first-order valence-corrected chi connectivity index (χ1v) is 19.5. The molecular weight excluding hydrogens is 818 g/mol. The van der Waals surface area contributed by atoms with Gasteiger partial charge in [0.25, 0.3) is 0 Å². The van der Waals surface area contributed by atoms with E-state index in [-0.39, 0.29) is 23.4 Å². The second-order valence-corrected chi connectivity index (χ2v) is 14.3. The predicted octanol–water partition coefficient (Wildman–Crippen LogP) is 10.3. The van der Waals surface area contributed by atoms with Crippen LogP contribution in [0.2, 0.25) is 15.1 Å². The second kappa shape index (κ2) is 23.7. The van der Waals surface area contributed by atoms with Crippen LogP contribution in [0, 0.1) is 0 Å². The number of carbonyl (C=O) groups excluding carboxylic acids is 3. The van der Waals surface area contributed by atoms with Gasteiger partial charge in [-0.1, -0.05) is 102 Å². The normalized spacial score (nSPS) is 12.4. The fourth-order valence-electron chi connectivity index (χ4n) is 5.52. The minimum Gasteiger partial charge on any atom is -0.497 e. The molecule has 5 aromatic rings. The molecule has 58 heavy (non-hydrogen) atoms. The van der Waals surface area contributed by atoms with Gasteiger partial charge >= 0.3 is 0 Å². The quantitative estimate of drug-likeness (QED) is 0.0851. The standard InChI is InChI=1S/C18H17ClN2O2.C9H9ClN2.C9H9ClO2.C9H7ClO/c1-23-16-7-2-4-13(10-16)11-18(22)21-9-8-17(20-21)14-5-3-6-15(19)12-14;10-8-3-1-2-7(6-8)9-4-5-11-12-9;1-12-8-4-2-3-7(5-8)6-9(10)11;1-2-9(11)7-4-3-5-8(10)6-7/h2-7,10,12H,8-9,11H2,1H3;1-3,6,11H,4-5H2;2-5H,6H2,1H3;2-6H,1H2. The number of rotatable bonds is 10. The van der Waals surface area contributed by atoms with Crippen LogP contribution < -0.4 is 14.9 Å². The largest absolute Gasteiger partial charge is 0.497 e. The molecule has 0 radical (unpaired) electrons. The number of amides is 1. The molecule has 300 valence electrons. The first kappa shape index (κ1) is 45.3. The number of halogens is 4. The van der Waals surface area contributed by atoms with Gasteiger partial charge in [0, 0.05) is 46.4 Å². The Kier molecular flexibility index (Phi) is 18.5. The van der Waals surface area contributed by atoms with E-state index in [1.54, 1.807) is 44.6 Å². The van der Waals surface area contributed by atoms with E-state index in [9.17, 15) is 14.4 Å². The Hall–Kier alpha value is -5.45. The molecule has 2 aliphatic rings. The lowest BCUT2D eigenvalue weighted by Crippen LogP contribution is -2.25. The molecule has 0 atom stereocenters. The van der Waals surface area contributed by atoms with Crippen molar-refractivity contribution in [2.75, 3.05) is 27.3 Å². The molecule has 7 rings (SSSR count). The summed E-state index contributed by atoms with van der Waals surface area (Å²) in [6.07, 6.45) is 3.55. The summed E-state index contributed by atoms with van der Waals surface area (Å²) in [6, 6.07) is 36.9. The summed E-state index contributed by atoms with van der Waals surface area (Å²) in [4.78, 5) is 33.9. The van der Waals surface area contributed by atoms with Crippen LogP contribution in [0.5, 0.6) is 11.5 Å². The Labute approximate surface area is 358 Å². The molecule has 0 fully saturated rings. The highest BCUT2D eigenvalue weighted by Gasteiger charge is 2.22. The SMILES string of the molecule is C=CC(=O)c1cccc(Cl)c1.COc1cccc(CC(=O)Cl)c1.COc1cccc(CC(=O)N2CCC(c3cccc(Cl)c3)=N2)c1.Clc1cccc(C2=NNCC2)c1. The Balaban J connectivity index is 0.000000182. The average Bonchev–Trinajstić information content (AvgIpc) is 3.96. The smallest absolute Gasteiger partial charge is 0.247 e. The van der Waals surface area contributed by atoms with Gasteiger partial charge in [-0.15, -0.1) is 0 Å². The van der Waals surface area contributed by atoms with Crippen molar-refractivity contribution >= 4 is 74.8 Å². The molecule has 0 bridgehead atoms. The van der Waals surface area contributed by atoms with E-state index < -0.39 is 0 Å². The lowest BCUT2D eigenvalue weighted by Gasteiger charge is -2.11. The van der Waals surface area contributed by atoms with E-state index in [4.69, 9.17) is 55.9 Å². The van der Waals surface area contributed by atoms with Gasteiger partial charge in [-0.25, -0.2) is 5.01 Å². The molecule has 13 heteroatoms. The van der Waals surface area contributed by atoms with Gasteiger partial charge in [0.1, 0.15) is 11.5 Å². The number of ketones is 1. The van der Waals surface area contributed by atoms with Gasteiger partial charge in [-0.3, -0.25) is 14.4 Å². The molecular formula is C45H42Cl4N4O5. The van der Waals surface area contributed by atoms with E-state index in [0.717, 1.165) is 69.6 Å². The maximum absolute atomic E-state index is 12.4. The summed E-state index contributed by atoms with van der Waals surface area (Å²) in [5, 5.41) is 11.8. The number of nitrogens with zero attached hydrogens (tertiary/aromatic N) is 3. The zero-order valence-corrected chi connectivity index (χ0v) is 35.0. The zero-order valence-electron chi connectivity index (χ0n) is 32.0. The third-order valence-corrected chi connectivity index (χ3v) is 9.19. The van der Waals surface area contributed by atoms with Crippen LogP contribution in [0.3, 0.4) is 0 Å². The summed E-state index contributed by atoms with van der Waals surface area (Å²) in [5.41, 5.74) is 9.37. The molecule has 2 aliphatic heterocycles. The number of carbonyl (C=O) groups is 3. The molecule has 0 unspecified atom stereocenters. The molecule has 5 aromatic carbocycles. The van der Waals surface area contributed by atoms with Crippen molar-refractivity contribution in [1.29, 1.82) is 0 Å². The highest BCUT2D eigenvalue weighted by Crippen LogP contribution is 2.20. The van der Waals surface area contributed by atoms with Crippen LogP contribution in [-0.4, -0.2) is 60.7 Å². The summed E-state index contributed by atoms with van der Waals surface area (Å²) in [6.45, 7) is 4.91. The van der Waals surface area contributed by atoms with Crippen molar-refractivity contribution in [2.24, 2.45) is 10.2 Å². The third kappa shape index (κ3) is 15.1. The molecule has 9 nitrogen and oxygen atoms in total. The molecule has 1 amide bonds. The molecule has 2 heterocycles. The average molecular weight is 861 g/mol. The van der Waals surface area contributed by atoms with Crippen LogP contribution in [0.1, 0.15) is 45.5 Å². The first-order chi connectivity index (χ1) is 28.0. The summed E-state index contributed by atoms with van der Waals surface area (Å²) >= 11 is 22.7. The fourth-order valence-corrected chi connectivity index (χ4v) is 6.24. The van der Waals surface area contributed by atoms with Gasteiger partial charge in [0.15, 0.2) is 5.78 Å². The van der Waals surface area contributed by atoms with E-state index in [1.165, 1.54) is 11.1 Å². The summed E-state index contributed by atoms with van der Waals surface area (Å²) in [7, 11) is 3.20. The van der Waals surface area contributed by atoms with Crippen molar-refractivity contribution in [3.05, 3.63) is 177 Å². The monoisotopic (exact) mass is 858 g/mol. The van der Waals surface area contributed by atoms with Gasteiger partial charge < -0.3 is 14.9 Å². The number of hydrogen-bond donors (Lipinski definition) is 1. The maximum atomic E-state index is 12.4. The van der Waals surface area contributed by atoms with Gasteiger partial charge in [-0.2, -0.15) is 10.2 Å². The Morgan fingerprint density at radius 3 is 1.74 bits per heavy atom. The molecule has 0 saturated heterocycles. The molecule has 1 N–H and O–H groups in total. The van der Waals surface area contributed by atoms with Crippen LogP contribution in [0.4, 0.5) is 0 Å². The number of benzene rings is 5. The van der Waals surface area contributed by atoms with Gasteiger partial charge in [-0.05, 0) is 101 Å². The van der Waals surface area contributed by atoms with E-state index in [0.29, 0.717) is 28.6 Å².